The average molecular weight is 283 g/mol. The number of aromatic nitrogens is 1. The highest BCUT2D eigenvalue weighted by atomic mass is 32.1. The summed E-state index contributed by atoms with van der Waals surface area (Å²) < 4.78 is 0. The molecule has 0 amide bonds. The van der Waals surface area contributed by atoms with Gasteiger partial charge >= 0.3 is 0 Å². The summed E-state index contributed by atoms with van der Waals surface area (Å²) in [5.74, 6) is 0.297. The summed E-state index contributed by atoms with van der Waals surface area (Å²) in [5, 5.41) is 0.979. The first-order valence-electron chi connectivity index (χ1n) is 6.85. The molecule has 4 nitrogen and oxygen atoms in total. The van der Waals surface area contributed by atoms with E-state index >= 15 is 0 Å². The van der Waals surface area contributed by atoms with Crippen molar-refractivity contribution >= 4 is 22.8 Å². The van der Waals surface area contributed by atoms with Crippen LogP contribution < -0.4 is 4.90 Å². The number of carbonyl (C=O) groups excluding carboxylic acids is 1. The highest BCUT2D eigenvalue weighted by Gasteiger charge is 2.17. The van der Waals surface area contributed by atoms with Gasteiger partial charge in [0.1, 0.15) is 0 Å². The lowest BCUT2D eigenvalue weighted by molar-refractivity contribution is 0.112. The van der Waals surface area contributed by atoms with Crippen molar-refractivity contribution in [2.24, 2.45) is 0 Å². The van der Waals surface area contributed by atoms with Crippen LogP contribution in [-0.2, 0) is 0 Å². The van der Waals surface area contributed by atoms with Crippen LogP contribution in [0.3, 0.4) is 0 Å². The second-order valence-electron chi connectivity index (χ2n) is 5.25. The van der Waals surface area contributed by atoms with E-state index in [-0.39, 0.29) is 0 Å². The fraction of sp³-hybridized carbons (Fsp3) is 0.714. The summed E-state index contributed by atoms with van der Waals surface area (Å²) in [4.78, 5) is 21.0. The average Bonchev–Trinajstić information content (AvgIpc) is 2.78. The van der Waals surface area contributed by atoms with Crippen molar-refractivity contribution in [3.05, 3.63) is 10.6 Å². The quantitative estimate of drug-likeness (QED) is 0.687. The molecule has 1 rings (SSSR count). The van der Waals surface area contributed by atoms with E-state index in [1.165, 1.54) is 11.3 Å². The number of carbonyl (C=O) groups is 1. The van der Waals surface area contributed by atoms with Crippen LogP contribution in [0.15, 0.2) is 0 Å². The molecule has 0 fully saturated rings. The van der Waals surface area contributed by atoms with Gasteiger partial charge in [-0.1, -0.05) is 25.2 Å². The summed E-state index contributed by atoms with van der Waals surface area (Å²) in [6, 6.07) is 0. The Morgan fingerprint density at radius 3 is 2.42 bits per heavy atom. The van der Waals surface area contributed by atoms with Crippen molar-refractivity contribution in [2.75, 3.05) is 38.6 Å². The Morgan fingerprint density at radius 2 is 2.00 bits per heavy atom. The first-order valence-corrected chi connectivity index (χ1v) is 7.66. The van der Waals surface area contributed by atoms with Crippen LogP contribution in [0.25, 0.3) is 0 Å². The van der Waals surface area contributed by atoms with Crippen LogP contribution in [0.1, 0.15) is 48.5 Å². The second-order valence-corrected chi connectivity index (χ2v) is 6.26. The van der Waals surface area contributed by atoms with Gasteiger partial charge in [0.2, 0.25) is 0 Å². The molecule has 0 aliphatic rings. The Bertz CT molecular complexity index is 401. The van der Waals surface area contributed by atoms with E-state index in [1.807, 2.05) is 0 Å². The van der Waals surface area contributed by atoms with Gasteiger partial charge in [-0.25, -0.2) is 4.98 Å². The number of hydrogen-bond acceptors (Lipinski definition) is 5. The Morgan fingerprint density at radius 1 is 1.32 bits per heavy atom. The third-order valence-corrected chi connectivity index (χ3v) is 4.07. The van der Waals surface area contributed by atoms with E-state index < -0.39 is 0 Å². The van der Waals surface area contributed by atoms with Gasteiger partial charge in [-0.05, 0) is 39.9 Å². The molecule has 5 heteroatoms. The number of hydrogen-bond donors (Lipinski definition) is 0. The van der Waals surface area contributed by atoms with E-state index in [4.69, 9.17) is 0 Å². The summed E-state index contributed by atoms with van der Waals surface area (Å²) >= 11 is 1.51. The zero-order valence-electron chi connectivity index (χ0n) is 12.6. The van der Waals surface area contributed by atoms with Crippen molar-refractivity contribution in [3.8, 4) is 0 Å². The molecular formula is C14H25N3OS. The monoisotopic (exact) mass is 283 g/mol. The lowest BCUT2D eigenvalue weighted by Crippen LogP contribution is -2.26. The highest BCUT2D eigenvalue weighted by Crippen LogP contribution is 2.29. The number of rotatable bonds is 8. The maximum Gasteiger partial charge on any atom is 0.186 e. The predicted molar refractivity (Wildman–Crippen MR) is 82.6 cm³/mol. The largest absolute Gasteiger partial charge is 0.348 e. The van der Waals surface area contributed by atoms with Crippen molar-refractivity contribution in [3.63, 3.8) is 0 Å². The van der Waals surface area contributed by atoms with E-state index in [0.717, 1.165) is 48.0 Å². The fourth-order valence-corrected chi connectivity index (χ4v) is 3.06. The van der Waals surface area contributed by atoms with Crippen molar-refractivity contribution in [1.82, 2.24) is 9.88 Å². The Labute approximate surface area is 120 Å². The van der Waals surface area contributed by atoms with Gasteiger partial charge in [0.15, 0.2) is 11.4 Å². The normalized spacial score (nSPS) is 11.3. The van der Waals surface area contributed by atoms with Crippen LogP contribution in [0.2, 0.25) is 0 Å². The first-order chi connectivity index (χ1) is 8.99. The van der Waals surface area contributed by atoms with Crippen LogP contribution >= 0.6 is 11.3 Å². The second kappa shape index (κ2) is 7.60. The maximum absolute atomic E-state index is 11.1. The SMILES string of the molecule is CCN(CCCN(C)C)c1nc(C(C)C)c(C=O)s1. The molecule has 0 saturated heterocycles. The molecule has 1 aromatic rings. The van der Waals surface area contributed by atoms with Crippen LogP contribution in [0.4, 0.5) is 5.13 Å². The number of thiazole rings is 1. The molecule has 0 saturated carbocycles. The third-order valence-electron chi connectivity index (χ3n) is 3.01. The maximum atomic E-state index is 11.1. The topological polar surface area (TPSA) is 36.4 Å². The highest BCUT2D eigenvalue weighted by molar-refractivity contribution is 7.17. The summed E-state index contributed by atoms with van der Waals surface area (Å²) in [5.41, 5.74) is 0.932. The van der Waals surface area contributed by atoms with E-state index in [9.17, 15) is 4.79 Å². The van der Waals surface area contributed by atoms with Gasteiger partial charge in [0.05, 0.1) is 10.6 Å². The molecule has 0 unspecified atom stereocenters. The smallest absolute Gasteiger partial charge is 0.186 e. The molecule has 0 aromatic carbocycles. The number of anilines is 1. The molecular weight excluding hydrogens is 258 g/mol. The van der Waals surface area contributed by atoms with E-state index in [1.54, 1.807) is 0 Å². The number of nitrogens with zero attached hydrogens (tertiary/aromatic N) is 3. The lowest BCUT2D eigenvalue weighted by atomic mass is 10.1. The number of aldehydes is 1. The first kappa shape index (κ1) is 16.1. The van der Waals surface area contributed by atoms with Crippen molar-refractivity contribution < 1.29 is 4.79 Å². The van der Waals surface area contributed by atoms with Crippen molar-refractivity contribution in [2.45, 2.75) is 33.1 Å². The summed E-state index contributed by atoms with van der Waals surface area (Å²) in [6.07, 6.45) is 2.04. The zero-order chi connectivity index (χ0) is 14.4. The molecule has 0 N–H and O–H groups in total. The van der Waals surface area contributed by atoms with E-state index in [2.05, 4.69) is 49.7 Å². The molecule has 0 radical (unpaired) electrons. The molecule has 1 heterocycles. The molecule has 0 spiro atoms. The lowest BCUT2D eigenvalue weighted by Gasteiger charge is -2.20. The molecule has 0 aliphatic heterocycles. The summed E-state index contributed by atoms with van der Waals surface area (Å²) in [6.45, 7) is 9.27. The molecule has 0 bridgehead atoms. The van der Waals surface area contributed by atoms with Crippen LogP contribution in [0, 0.1) is 0 Å². The Balaban J connectivity index is 2.78. The van der Waals surface area contributed by atoms with Gasteiger partial charge in [-0.2, -0.15) is 0 Å². The fourth-order valence-electron chi connectivity index (χ4n) is 1.93. The Hall–Kier alpha value is -0.940. The molecule has 1 aromatic heterocycles. The standard InChI is InChI=1S/C14H25N3OS/c1-6-17(9-7-8-16(4)5)14-15-13(11(2)3)12(10-18)19-14/h10-11H,6-9H2,1-5H3. The van der Waals surface area contributed by atoms with Crippen LogP contribution in [-0.4, -0.2) is 49.9 Å². The minimum Gasteiger partial charge on any atom is -0.348 e. The van der Waals surface area contributed by atoms with Crippen LogP contribution in [0.5, 0.6) is 0 Å². The zero-order valence-corrected chi connectivity index (χ0v) is 13.5. The molecule has 19 heavy (non-hydrogen) atoms. The van der Waals surface area contributed by atoms with Gasteiger partial charge in [0, 0.05) is 13.1 Å². The van der Waals surface area contributed by atoms with Gasteiger partial charge < -0.3 is 9.80 Å². The van der Waals surface area contributed by atoms with Gasteiger partial charge in [0.25, 0.3) is 0 Å². The predicted octanol–water partition coefficient (Wildman–Crippen LogP) is 2.86. The molecule has 0 atom stereocenters. The Kier molecular flexibility index (Phi) is 6.45. The summed E-state index contributed by atoms with van der Waals surface area (Å²) in [7, 11) is 4.17. The minimum atomic E-state index is 0.297. The molecule has 108 valence electrons. The minimum absolute atomic E-state index is 0.297. The van der Waals surface area contributed by atoms with Gasteiger partial charge in [-0.3, -0.25) is 4.79 Å². The van der Waals surface area contributed by atoms with E-state index in [0.29, 0.717) is 5.92 Å². The third kappa shape index (κ3) is 4.58. The van der Waals surface area contributed by atoms with Crippen molar-refractivity contribution in [1.29, 1.82) is 0 Å². The van der Waals surface area contributed by atoms with Gasteiger partial charge in [-0.15, -0.1) is 0 Å². The molecule has 0 aliphatic carbocycles.